The number of amides is 1. The topological polar surface area (TPSA) is 50.2 Å². The second-order valence-electron chi connectivity index (χ2n) is 7.20. The maximum absolute atomic E-state index is 13.1. The lowest BCUT2D eigenvalue weighted by molar-refractivity contribution is -0.137. The van der Waals surface area contributed by atoms with E-state index < -0.39 is 0 Å². The van der Waals surface area contributed by atoms with Crippen LogP contribution >= 0.6 is 0 Å². The van der Waals surface area contributed by atoms with Crippen LogP contribution in [-0.4, -0.2) is 39.2 Å². The number of carbonyl (C=O) groups is 1. The summed E-state index contributed by atoms with van der Waals surface area (Å²) in [6.07, 6.45) is 11.3. The molecule has 128 valence electrons. The highest BCUT2D eigenvalue weighted by Gasteiger charge is 2.44. The maximum atomic E-state index is 13.1. The van der Waals surface area contributed by atoms with Gasteiger partial charge in [0.05, 0.1) is 6.20 Å². The molecule has 3 rings (SSSR count). The van der Waals surface area contributed by atoms with Crippen molar-refractivity contribution in [1.82, 2.24) is 20.0 Å². The van der Waals surface area contributed by atoms with E-state index in [1.165, 1.54) is 38.5 Å². The zero-order valence-electron chi connectivity index (χ0n) is 14.6. The van der Waals surface area contributed by atoms with E-state index in [4.69, 9.17) is 0 Å². The molecule has 2 fully saturated rings. The van der Waals surface area contributed by atoms with E-state index in [1.54, 1.807) is 0 Å². The largest absolute Gasteiger partial charge is 0.350 e. The number of carbonyl (C=O) groups excluding carboxylic acids is 1. The van der Waals surface area contributed by atoms with Crippen molar-refractivity contribution in [3.63, 3.8) is 0 Å². The molecule has 1 aliphatic carbocycles. The predicted molar refractivity (Wildman–Crippen MR) is 91.0 cm³/mol. The van der Waals surface area contributed by atoms with Crippen LogP contribution in [0, 0.1) is 6.92 Å². The molecule has 0 radical (unpaired) electrons. The van der Waals surface area contributed by atoms with Gasteiger partial charge in [0.1, 0.15) is 5.54 Å². The van der Waals surface area contributed by atoms with Gasteiger partial charge in [-0.1, -0.05) is 25.7 Å². The number of piperidine rings is 1. The van der Waals surface area contributed by atoms with E-state index in [0.29, 0.717) is 6.54 Å². The maximum Gasteiger partial charge on any atom is 0.240 e. The molecule has 5 nitrogen and oxygen atoms in total. The fraction of sp³-hybridized carbons (Fsp3) is 0.778. The predicted octanol–water partition coefficient (Wildman–Crippen LogP) is 2.53. The molecule has 0 unspecified atom stereocenters. The first-order valence-electron chi connectivity index (χ1n) is 9.14. The van der Waals surface area contributed by atoms with Crippen LogP contribution in [0.2, 0.25) is 0 Å². The highest BCUT2D eigenvalue weighted by molar-refractivity contribution is 5.86. The molecular formula is C18H30N4O. The molecule has 0 spiro atoms. The number of rotatable bonds is 4. The number of likely N-dealkylation sites (tertiary alicyclic amines) is 1. The Hall–Kier alpha value is -1.36. The van der Waals surface area contributed by atoms with E-state index in [-0.39, 0.29) is 11.4 Å². The van der Waals surface area contributed by atoms with Gasteiger partial charge in [0.2, 0.25) is 5.91 Å². The zero-order valence-corrected chi connectivity index (χ0v) is 14.6. The van der Waals surface area contributed by atoms with Crippen molar-refractivity contribution in [3.05, 3.63) is 17.5 Å². The van der Waals surface area contributed by atoms with Gasteiger partial charge in [-0.2, -0.15) is 5.10 Å². The minimum atomic E-state index is -0.255. The van der Waals surface area contributed by atoms with Crippen LogP contribution in [0.3, 0.4) is 0 Å². The monoisotopic (exact) mass is 318 g/mol. The number of nitrogens with zero attached hydrogens (tertiary/aromatic N) is 3. The average Bonchev–Trinajstić information content (AvgIpc) is 2.93. The molecule has 1 saturated carbocycles. The molecule has 1 aliphatic heterocycles. The van der Waals surface area contributed by atoms with Gasteiger partial charge in [-0.3, -0.25) is 14.4 Å². The molecule has 1 aromatic rings. The third kappa shape index (κ3) is 3.30. The van der Waals surface area contributed by atoms with Crippen molar-refractivity contribution in [2.24, 2.45) is 7.05 Å². The van der Waals surface area contributed by atoms with Crippen LogP contribution in [0.15, 0.2) is 6.20 Å². The molecule has 5 heteroatoms. The lowest BCUT2D eigenvalue weighted by Gasteiger charge is -2.46. The summed E-state index contributed by atoms with van der Waals surface area (Å²) in [5.41, 5.74) is 1.99. The van der Waals surface area contributed by atoms with Gasteiger partial charge in [-0.25, -0.2) is 0 Å². The van der Waals surface area contributed by atoms with Gasteiger partial charge >= 0.3 is 0 Å². The second-order valence-corrected chi connectivity index (χ2v) is 7.20. The minimum Gasteiger partial charge on any atom is -0.350 e. The fourth-order valence-corrected chi connectivity index (χ4v) is 4.20. The first-order chi connectivity index (χ1) is 11.1. The molecular weight excluding hydrogens is 288 g/mol. The molecule has 2 heterocycles. The van der Waals surface area contributed by atoms with Gasteiger partial charge in [0.25, 0.3) is 0 Å². The molecule has 23 heavy (non-hydrogen) atoms. The smallest absolute Gasteiger partial charge is 0.240 e. The summed E-state index contributed by atoms with van der Waals surface area (Å²) >= 11 is 0. The van der Waals surface area contributed by atoms with Crippen molar-refractivity contribution < 1.29 is 4.79 Å². The van der Waals surface area contributed by atoms with Crippen LogP contribution in [0.25, 0.3) is 0 Å². The van der Waals surface area contributed by atoms with Crippen LogP contribution in [0.4, 0.5) is 0 Å². The summed E-state index contributed by atoms with van der Waals surface area (Å²) in [4.78, 5) is 15.6. The Labute approximate surface area is 139 Å². The highest BCUT2D eigenvalue weighted by atomic mass is 16.2. The normalized spacial score (nSPS) is 22.0. The summed E-state index contributed by atoms with van der Waals surface area (Å²) in [5, 5.41) is 7.50. The van der Waals surface area contributed by atoms with Crippen molar-refractivity contribution in [3.8, 4) is 0 Å². The van der Waals surface area contributed by atoms with Crippen molar-refractivity contribution in [1.29, 1.82) is 0 Å². The standard InChI is InChI=1S/C18H30N4O/c1-15-16(14-20-21(15)2)13-19-17(23)18(9-5-3-6-10-18)22-11-7-4-8-12-22/h14H,3-13H2,1-2H3,(H,19,23). The Morgan fingerprint density at radius 2 is 1.83 bits per heavy atom. The first kappa shape index (κ1) is 16.5. The lowest BCUT2D eigenvalue weighted by atomic mass is 9.78. The summed E-state index contributed by atoms with van der Waals surface area (Å²) in [5.74, 6) is 0.238. The summed E-state index contributed by atoms with van der Waals surface area (Å²) in [6, 6.07) is 0. The Bertz CT molecular complexity index is 539. The number of nitrogens with one attached hydrogen (secondary N) is 1. The van der Waals surface area contributed by atoms with Crippen LogP contribution in [0.1, 0.15) is 62.6 Å². The van der Waals surface area contributed by atoms with Gasteiger partial charge in [-0.15, -0.1) is 0 Å². The van der Waals surface area contributed by atoms with Crippen LogP contribution < -0.4 is 5.32 Å². The lowest BCUT2D eigenvalue weighted by Crippen LogP contribution is -2.60. The third-order valence-corrected chi connectivity index (χ3v) is 5.84. The Morgan fingerprint density at radius 3 is 2.43 bits per heavy atom. The Kier molecular flexibility index (Phi) is 5.05. The SMILES string of the molecule is Cc1c(CNC(=O)C2(N3CCCCC3)CCCCC2)cnn1C. The third-order valence-electron chi connectivity index (χ3n) is 5.84. The van der Waals surface area contributed by atoms with Crippen molar-refractivity contribution in [2.75, 3.05) is 13.1 Å². The van der Waals surface area contributed by atoms with Gasteiger partial charge in [0.15, 0.2) is 0 Å². The molecule has 0 aromatic carbocycles. The van der Waals surface area contributed by atoms with Crippen LogP contribution in [0.5, 0.6) is 0 Å². The molecule has 1 amide bonds. The zero-order chi connectivity index (χ0) is 16.3. The average molecular weight is 318 g/mol. The van der Waals surface area contributed by atoms with E-state index in [1.807, 2.05) is 17.9 Å². The van der Waals surface area contributed by atoms with Gasteiger partial charge < -0.3 is 5.32 Å². The van der Waals surface area contributed by atoms with Gasteiger partial charge in [-0.05, 0) is 45.7 Å². The van der Waals surface area contributed by atoms with E-state index in [2.05, 4.69) is 22.2 Å². The quantitative estimate of drug-likeness (QED) is 0.928. The van der Waals surface area contributed by atoms with E-state index >= 15 is 0 Å². The van der Waals surface area contributed by atoms with Crippen molar-refractivity contribution >= 4 is 5.91 Å². The summed E-state index contributed by atoms with van der Waals surface area (Å²) in [6.45, 7) is 4.81. The molecule has 1 N–H and O–H groups in total. The molecule has 1 aromatic heterocycles. The molecule has 0 bridgehead atoms. The number of aromatic nitrogens is 2. The van der Waals surface area contributed by atoms with E-state index in [9.17, 15) is 4.79 Å². The van der Waals surface area contributed by atoms with Gasteiger partial charge in [0, 0.05) is 24.8 Å². The molecule has 1 saturated heterocycles. The van der Waals surface area contributed by atoms with Crippen LogP contribution in [-0.2, 0) is 18.4 Å². The molecule has 2 aliphatic rings. The fourth-order valence-electron chi connectivity index (χ4n) is 4.20. The number of hydrogen-bond acceptors (Lipinski definition) is 3. The highest BCUT2D eigenvalue weighted by Crippen LogP contribution is 2.36. The Morgan fingerprint density at radius 1 is 1.17 bits per heavy atom. The minimum absolute atomic E-state index is 0.238. The molecule has 0 atom stereocenters. The first-order valence-corrected chi connectivity index (χ1v) is 9.14. The summed E-state index contributed by atoms with van der Waals surface area (Å²) < 4.78 is 1.86. The Balaban J connectivity index is 1.71. The number of hydrogen-bond donors (Lipinski definition) is 1. The number of aryl methyl sites for hydroxylation is 1. The summed E-state index contributed by atoms with van der Waals surface area (Å²) in [7, 11) is 1.94. The second kappa shape index (κ2) is 7.04. The van der Waals surface area contributed by atoms with Crippen molar-refractivity contribution in [2.45, 2.75) is 70.4 Å². The van der Waals surface area contributed by atoms with E-state index in [0.717, 1.165) is 37.2 Å².